The molecule has 27 heavy (non-hydrogen) atoms. The second kappa shape index (κ2) is 8.11. The molecule has 1 N–H and O–H groups in total. The molecular weight excluding hydrogens is 380 g/mol. The van der Waals surface area contributed by atoms with Crippen molar-refractivity contribution in [1.82, 2.24) is 4.98 Å². The number of nitrogens with one attached hydrogen (secondary N) is 1. The molecule has 1 heterocycles. The number of amides is 1. The van der Waals surface area contributed by atoms with Gasteiger partial charge in [0.25, 0.3) is 5.91 Å². The Labute approximate surface area is 168 Å². The van der Waals surface area contributed by atoms with Gasteiger partial charge in [-0.25, -0.2) is 4.98 Å². The van der Waals surface area contributed by atoms with Crippen molar-refractivity contribution in [1.29, 1.82) is 0 Å². The standard InChI is InChI=1S/C21H21ClN2O2S/c1-21(2,3)15-6-10-17(11-7-15)26-12-19(25)24-20-23-18(13-27-20)14-4-8-16(22)9-5-14/h4-11,13H,12H2,1-3H3,(H,23,24,25). The highest BCUT2D eigenvalue weighted by atomic mass is 35.5. The van der Waals surface area contributed by atoms with E-state index in [-0.39, 0.29) is 17.9 Å². The van der Waals surface area contributed by atoms with E-state index >= 15 is 0 Å². The molecule has 0 saturated carbocycles. The lowest BCUT2D eigenvalue weighted by Gasteiger charge is -2.19. The molecule has 0 radical (unpaired) electrons. The van der Waals surface area contributed by atoms with E-state index in [1.54, 1.807) is 0 Å². The van der Waals surface area contributed by atoms with Gasteiger partial charge in [0.15, 0.2) is 11.7 Å². The van der Waals surface area contributed by atoms with E-state index < -0.39 is 0 Å². The van der Waals surface area contributed by atoms with Gasteiger partial charge in [-0.05, 0) is 35.2 Å². The van der Waals surface area contributed by atoms with Crippen LogP contribution in [-0.4, -0.2) is 17.5 Å². The summed E-state index contributed by atoms with van der Waals surface area (Å²) >= 11 is 7.27. The fourth-order valence-electron chi connectivity index (χ4n) is 2.44. The van der Waals surface area contributed by atoms with Gasteiger partial charge < -0.3 is 4.74 Å². The summed E-state index contributed by atoms with van der Waals surface area (Å²) in [6.45, 7) is 6.40. The van der Waals surface area contributed by atoms with Gasteiger partial charge in [-0.2, -0.15) is 0 Å². The van der Waals surface area contributed by atoms with Crippen molar-refractivity contribution in [3.63, 3.8) is 0 Å². The molecule has 6 heteroatoms. The maximum atomic E-state index is 12.1. The number of rotatable bonds is 5. The number of ether oxygens (including phenoxy) is 1. The Morgan fingerprint density at radius 2 is 1.78 bits per heavy atom. The summed E-state index contributed by atoms with van der Waals surface area (Å²) in [5.41, 5.74) is 3.05. The molecule has 0 aliphatic carbocycles. The van der Waals surface area contributed by atoms with Crippen LogP contribution < -0.4 is 10.1 Å². The van der Waals surface area contributed by atoms with E-state index in [1.807, 2.05) is 53.9 Å². The SMILES string of the molecule is CC(C)(C)c1ccc(OCC(=O)Nc2nc(-c3ccc(Cl)cc3)cs2)cc1. The topological polar surface area (TPSA) is 51.2 Å². The number of carbonyl (C=O) groups is 1. The van der Waals surface area contributed by atoms with Crippen LogP contribution in [0.25, 0.3) is 11.3 Å². The predicted octanol–water partition coefficient (Wildman–Crippen LogP) is 5.78. The summed E-state index contributed by atoms with van der Waals surface area (Å²) in [7, 11) is 0. The number of hydrogen-bond acceptors (Lipinski definition) is 4. The second-order valence-electron chi connectivity index (χ2n) is 7.16. The van der Waals surface area contributed by atoms with Gasteiger partial charge in [0.05, 0.1) is 5.69 Å². The average Bonchev–Trinajstić information content (AvgIpc) is 3.08. The summed E-state index contributed by atoms with van der Waals surface area (Å²) in [6.07, 6.45) is 0. The molecule has 1 aromatic heterocycles. The smallest absolute Gasteiger partial charge is 0.264 e. The van der Waals surface area contributed by atoms with Crippen molar-refractivity contribution in [2.24, 2.45) is 0 Å². The first-order valence-electron chi connectivity index (χ1n) is 8.56. The number of thiazole rings is 1. The molecule has 2 aromatic carbocycles. The van der Waals surface area contributed by atoms with Gasteiger partial charge >= 0.3 is 0 Å². The fraction of sp³-hybridized carbons (Fsp3) is 0.238. The molecule has 0 unspecified atom stereocenters. The molecular formula is C21H21ClN2O2S. The number of hydrogen-bond donors (Lipinski definition) is 1. The molecule has 4 nitrogen and oxygen atoms in total. The third-order valence-corrected chi connectivity index (χ3v) is 4.99. The van der Waals surface area contributed by atoms with Crippen LogP contribution in [0.4, 0.5) is 5.13 Å². The normalized spacial score (nSPS) is 11.3. The maximum absolute atomic E-state index is 12.1. The molecule has 3 aromatic rings. The van der Waals surface area contributed by atoms with Crippen molar-refractivity contribution in [3.05, 3.63) is 64.5 Å². The molecule has 0 atom stereocenters. The fourth-order valence-corrected chi connectivity index (χ4v) is 3.30. The Bertz CT molecular complexity index is 913. The lowest BCUT2D eigenvalue weighted by molar-refractivity contribution is -0.118. The molecule has 0 fully saturated rings. The van der Waals surface area contributed by atoms with E-state index in [0.717, 1.165) is 11.3 Å². The molecule has 0 bridgehead atoms. The zero-order valence-corrected chi connectivity index (χ0v) is 17.0. The maximum Gasteiger partial charge on any atom is 0.264 e. The van der Waals surface area contributed by atoms with Crippen LogP contribution in [0.2, 0.25) is 5.02 Å². The van der Waals surface area contributed by atoms with Crippen molar-refractivity contribution in [2.45, 2.75) is 26.2 Å². The van der Waals surface area contributed by atoms with Crippen molar-refractivity contribution in [2.75, 3.05) is 11.9 Å². The number of anilines is 1. The highest BCUT2D eigenvalue weighted by Crippen LogP contribution is 2.26. The van der Waals surface area contributed by atoms with Crippen LogP contribution in [0.1, 0.15) is 26.3 Å². The van der Waals surface area contributed by atoms with Gasteiger partial charge in [0.2, 0.25) is 0 Å². The molecule has 140 valence electrons. The predicted molar refractivity (Wildman–Crippen MR) is 112 cm³/mol. The summed E-state index contributed by atoms with van der Waals surface area (Å²) in [5, 5.41) is 5.88. The molecule has 3 rings (SSSR count). The Balaban J connectivity index is 1.54. The van der Waals surface area contributed by atoms with Gasteiger partial charge in [0, 0.05) is 16.0 Å². The van der Waals surface area contributed by atoms with Crippen molar-refractivity contribution in [3.8, 4) is 17.0 Å². The third kappa shape index (κ3) is 5.31. The minimum absolute atomic E-state index is 0.0648. The van der Waals surface area contributed by atoms with Crippen molar-refractivity contribution >= 4 is 34.0 Å². The van der Waals surface area contributed by atoms with Crippen LogP contribution in [-0.2, 0) is 10.2 Å². The van der Waals surface area contributed by atoms with E-state index in [1.165, 1.54) is 16.9 Å². The summed E-state index contributed by atoms with van der Waals surface area (Å²) in [6, 6.07) is 15.2. The third-order valence-electron chi connectivity index (χ3n) is 3.98. The molecule has 0 spiro atoms. The van der Waals surface area contributed by atoms with Gasteiger partial charge in [-0.3, -0.25) is 10.1 Å². The van der Waals surface area contributed by atoms with Gasteiger partial charge in [-0.1, -0.05) is 56.6 Å². The lowest BCUT2D eigenvalue weighted by Crippen LogP contribution is -2.20. The highest BCUT2D eigenvalue weighted by Gasteiger charge is 2.13. The van der Waals surface area contributed by atoms with Crippen LogP contribution in [0.15, 0.2) is 53.9 Å². The van der Waals surface area contributed by atoms with E-state index in [2.05, 4.69) is 31.1 Å². The first kappa shape index (κ1) is 19.4. The summed E-state index contributed by atoms with van der Waals surface area (Å²) < 4.78 is 5.56. The molecule has 0 aliphatic rings. The highest BCUT2D eigenvalue weighted by molar-refractivity contribution is 7.14. The van der Waals surface area contributed by atoms with Crippen LogP contribution in [0.3, 0.4) is 0 Å². The number of aromatic nitrogens is 1. The Morgan fingerprint density at radius 1 is 1.11 bits per heavy atom. The average molecular weight is 401 g/mol. The lowest BCUT2D eigenvalue weighted by atomic mass is 9.87. The molecule has 0 saturated heterocycles. The zero-order valence-electron chi connectivity index (χ0n) is 15.5. The largest absolute Gasteiger partial charge is 0.484 e. The minimum Gasteiger partial charge on any atom is -0.484 e. The Kier molecular flexibility index (Phi) is 5.82. The second-order valence-corrected chi connectivity index (χ2v) is 8.45. The van der Waals surface area contributed by atoms with E-state index in [4.69, 9.17) is 16.3 Å². The number of benzene rings is 2. The van der Waals surface area contributed by atoms with Gasteiger partial charge in [0.1, 0.15) is 5.75 Å². The van der Waals surface area contributed by atoms with Crippen molar-refractivity contribution < 1.29 is 9.53 Å². The summed E-state index contributed by atoms with van der Waals surface area (Å²) in [4.78, 5) is 16.5. The number of halogens is 1. The van der Waals surface area contributed by atoms with Crippen LogP contribution in [0.5, 0.6) is 5.75 Å². The number of carbonyl (C=O) groups excluding carboxylic acids is 1. The van der Waals surface area contributed by atoms with E-state index in [0.29, 0.717) is 15.9 Å². The van der Waals surface area contributed by atoms with E-state index in [9.17, 15) is 4.79 Å². The monoisotopic (exact) mass is 400 g/mol. The Morgan fingerprint density at radius 3 is 2.41 bits per heavy atom. The molecule has 0 aliphatic heterocycles. The summed E-state index contributed by atoms with van der Waals surface area (Å²) in [5.74, 6) is 0.422. The first-order chi connectivity index (χ1) is 12.8. The minimum atomic E-state index is -0.244. The number of nitrogens with zero attached hydrogens (tertiary/aromatic N) is 1. The zero-order chi connectivity index (χ0) is 19.4. The Hall–Kier alpha value is -2.37. The molecule has 1 amide bonds. The van der Waals surface area contributed by atoms with Gasteiger partial charge in [-0.15, -0.1) is 11.3 Å². The quantitative estimate of drug-likeness (QED) is 0.590. The van der Waals surface area contributed by atoms with Crippen LogP contribution in [0, 0.1) is 0 Å². The first-order valence-corrected chi connectivity index (χ1v) is 9.82. The van der Waals surface area contributed by atoms with Crippen LogP contribution >= 0.6 is 22.9 Å².